The number of halogens is 3. The molecule has 2 aromatic rings. The Morgan fingerprint density at radius 3 is 2.00 bits per heavy atom. The highest BCUT2D eigenvalue weighted by Gasteiger charge is 2.15. The molecule has 24 heavy (non-hydrogen) atoms. The van der Waals surface area contributed by atoms with Crippen molar-refractivity contribution in [2.45, 2.75) is 13.8 Å². The first-order valence-corrected chi connectivity index (χ1v) is 7.52. The van der Waals surface area contributed by atoms with Crippen LogP contribution in [0.5, 0.6) is 0 Å². The van der Waals surface area contributed by atoms with Gasteiger partial charge < -0.3 is 10.6 Å². The first-order chi connectivity index (χ1) is 11.3. The number of hydrogen-bond donors (Lipinski definition) is 2. The Labute approximate surface area is 142 Å². The number of carbonyl (C=O) groups is 2. The Morgan fingerprint density at radius 1 is 0.958 bits per heavy atom. The molecule has 2 N–H and O–H groups in total. The highest BCUT2D eigenvalue weighted by molar-refractivity contribution is 6.34. The molecule has 0 atom stereocenters. The third-order valence-corrected chi connectivity index (χ3v) is 3.50. The molecular formula is C17H15ClF2N2O2. The summed E-state index contributed by atoms with van der Waals surface area (Å²) < 4.78 is 26.3. The summed E-state index contributed by atoms with van der Waals surface area (Å²) in [5.41, 5.74) is 0.827. The van der Waals surface area contributed by atoms with E-state index in [2.05, 4.69) is 10.6 Å². The van der Waals surface area contributed by atoms with E-state index >= 15 is 0 Å². The summed E-state index contributed by atoms with van der Waals surface area (Å²) in [4.78, 5) is 23.7. The zero-order valence-corrected chi connectivity index (χ0v) is 13.7. The van der Waals surface area contributed by atoms with Crippen molar-refractivity contribution < 1.29 is 18.4 Å². The molecule has 0 aliphatic rings. The molecular weight excluding hydrogens is 338 g/mol. The van der Waals surface area contributed by atoms with E-state index < -0.39 is 17.5 Å². The lowest BCUT2D eigenvalue weighted by molar-refractivity contribution is -0.118. The second-order valence-electron chi connectivity index (χ2n) is 5.42. The molecule has 0 heterocycles. The Balaban J connectivity index is 2.10. The van der Waals surface area contributed by atoms with Gasteiger partial charge in [0.1, 0.15) is 0 Å². The minimum absolute atomic E-state index is 0.125. The molecule has 0 aliphatic carbocycles. The lowest BCUT2D eigenvalue weighted by atomic mass is 10.2. The maximum Gasteiger partial charge on any atom is 0.257 e. The molecule has 0 aromatic heterocycles. The standard InChI is InChI=1S/C17H15ClF2N2O2/c1-9(2)16(23)21-10-3-5-11(6-4-10)22-17(24)12-7-14(19)15(20)8-13(12)18/h3-9H,1-2H3,(H,21,23)(H,22,24). The lowest BCUT2D eigenvalue weighted by Gasteiger charge is -2.10. The first-order valence-electron chi connectivity index (χ1n) is 7.14. The minimum Gasteiger partial charge on any atom is -0.326 e. The third kappa shape index (κ3) is 4.29. The van der Waals surface area contributed by atoms with Gasteiger partial charge in [0.25, 0.3) is 5.91 Å². The topological polar surface area (TPSA) is 58.2 Å². The Bertz CT molecular complexity index is 777. The number of amides is 2. The highest BCUT2D eigenvalue weighted by atomic mass is 35.5. The van der Waals surface area contributed by atoms with E-state index in [0.29, 0.717) is 11.4 Å². The maximum absolute atomic E-state index is 13.2. The van der Waals surface area contributed by atoms with E-state index in [-0.39, 0.29) is 22.4 Å². The fourth-order valence-corrected chi connectivity index (χ4v) is 2.05. The zero-order chi connectivity index (χ0) is 17.9. The van der Waals surface area contributed by atoms with E-state index in [1.54, 1.807) is 38.1 Å². The molecule has 4 nitrogen and oxygen atoms in total. The van der Waals surface area contributed by atoms with Crippen LogP contribution in [-0.4, -0.2) is 11.8 Å². The SMILES string of the molecule is CC(C)C(=O)Nc1ccc(NC(=O)c2cc(F)c(F)cc2Cl)cc1. The molecule has 2 amide bonds. The minimum atomic E-state index is -1.16. The molecule has 2 rings (SSSR count). The summed E-state index contributed by atoms with van der Waals surface area (Å²) in [7, 11) is 0. The van der Waals surface area contributed by atoms with Gasteiger partial charge in [-0.05, 0) is 36.4 Å². The Hall–Kier alpha value is -2.47. The fraction of sp³-hybridized carbons (Fsp3) is 0.176. The summed E-state index contributed by atoms with van der Waals surface area (Å²) in [5, 5.41) is 5.05. The van der Waals surface area contributed by atoms with E-state index in [1.165, 1.54) is 0 Å². The van der Waals surface area contributed by atoms with Gasteiger partial charge in [0.05, 0.1) is 10.6 Å². The molecule has 126 valence electrons. The van der Waals surface area contributed by atoms with E-state index in [4.69, 9.17) is 11.6 Å². The average Bonchev–Trinajstić information content (AvgIpc) is 2.52. The number of nitrogens with one attached hydrogen (secondary N) is 2. The van der Waals surface area contributed by atoms with Crippen LogP contribution in [0.4, 0.5) is 20.2 Å². The monoisotopic (exact) mass is 352 g/mol. The van der Waals surface area contributed by atoms with Crippen molar-refractivity contribution in [3.63, 3.8) is 0 Å². The average molecular weight is 353 g/mol. The van der Waals surface area contributed by atoms with Crippen molar-refractivity contribution in [2.24, 2.45) is 5.92 Å². The van der Waals surface area contributed by atoms with Crippen molar-refractivity contribution in [3.8, 4) is 0 Å². The molecule has 0 unspecified atom stereocenters. The Morgan fingerprint density at radius 2 is 1.46 bits per heavy atom. The lowest BCUT2D eigenvalue weighted by Crippen LogP contribution is -2.17. The first kappa shape index (κ1) is 17.9. The predicted molar refractivity (Wildman–Crippen MR) is 89.2 cm³/mol. The van der Waals surface area contributed by atoms with Crippen LogP contribution in [0.1, 0.15) is 24.2 Å². The van der Waals surface area contributed by atoms with Crippen molar-refractivity contribution in [3.05, 3.63) is 58.6 Å². The second kappa shape index (κ2) is 7.40. The molecule has 0 aliphatic heterocycles. The smallest absolute Gasteiger partial charge is 0.257 e. The normalized spacial score (nSPS) is 10.6. The predicted octanol–water partition coefficient (Wildman–Crippen LogP) is 4.47. The van der Waals surface area contributed by atoms with Crippen LogP contribution in [0.15, 0.2) is 36.4 Å². The molecule has 0 saturated heterocycles. The quantitative estimate of drug-likeness (QED) is 0.798. The van der Waals surface area contributed by atoms with E-state index in [1.807, 2.05) is 0 Å². The van der Waals surface area contributed by atoms with Crippen LogP contribution in [0.25, 0.3) is 0 Å². The summed E-state index contributed by atoms with van der Waals surface area (Å²) in [6.45, 7) is 3.55. The number of anilines is 2. The molecule has 0 fully saturated rings. The summed E-state index contributed by atoms with van der Waals surface area (Å²) >= 11 is 5.76. The molecule has 0 spiro atoms. The van der Waals surface area contributed by atoms with Gasteiger partial charge in [0.15, 0.2) is 11.6 Å². The van der Waals surface area contributed by atoms with Gasteiger partial charge in [-0.15, -0.1) is 0 Å². The van der Waals surface area contributed by atoms with Crippen molar-refractivity contribution >= 4 is 34.8 Å². The Kier molecular flexibility index (Phi) is 5.51. The summed E-state index contributed by atoms with van der Waals surface area (Å²) in [5.74, 6) is -3.23. The van der Waals surface area contributed by atoms with Gasteiger partial charge >= 0.3 is 0 Å². The number of hydrogen-bond acceptors (Lipinski definition) is 2. The number of rotatable bonds is 4. The van der Waals surface area contributed by atoms with Gasteiger partial charge in [0, 0.05) is 17.3 Å². The fourth-order valence-electron chi connectivity index (χ4n) is 1.82. The van der Waals surface area contributed by atoms with Crippen LogP contribution in [0.3, 0.4) is 0 Å². The number of carbonyl (C=O) groups excluding carboxylic acids is 2. The van der Waals surface area contributed by atoms with Crippen LogP contribution in [0.2, 0.25) is 5.02 Å². The van der Waals surface area contributed by atoms with Gasteiger partial charge in [-0.1, -0.05) is 25.4 Å². The maximum atomic E-state index is 13.2. The van der Waals surface area contributed by atoms with Gasteiger partial charge in [-0.3, -0.25) is 9.59 Å². The second-order valence-corrected chi connectivity index (χ2v) is 5.83. The summed E-state index contributed by atoms with van der Waals surface area (Å²) in [6.07, 6.45) is 0. The molecule has 0 radical (unpaired) electrons. The molecule has 0 bridgehead atoms. The van der Waals surface area contributed by atoms with Gasteiger partial charge in [0.2, 0.25) is 5.91 Å². The van der Waals surface area contributed by atoms with Crippen LogP contribution in [0, 0.1) is 17.6 Å². The largest absolute Gasteiger partial charge is 0.326 e. The van der Waals surface area contributed by atoms with Gasteiger partial charge in [-0.25, -0.2) is 8.78 Å². The number of benzene rings is 2. The zero-order valence-electron chi connectivity index (χ0n) is 13.0. The summed E-state index contributed by atoms with van der Waals surface area (Å²) in [6, 6.07) is 7.86. The molecule has 0 saturated carbocycles. The van der Waals surface area contributed by atoms with Crippen LogP contribution in [-0.2, 0) is 4.79 Å². The van der Waals surface area contributed by atoms with Gasteiger partial charge in [-0.2, -0.15) is 0 Å². The molecule has 7 heteroatoms. The van der Waals surface area contributed by atoms with Crippen LogP contribution >= 0.6 is 11.6 Å². The molecule has 2 aromatic carbocycles. The van der Waals surface area contributed by atoms with Crippen molar-refractivity contribution in [1.82, 2.24) is 0 Å². The van der Waals surface area contributed by atoms with E-state index in [0.717, 1.165) is 12.1 Å². The third-order valence-electron chi connectivity index (χ3n) is 3.19. The van der Waals surface area contributed by atoms with Crippen molar-refractivity contribution in [2.75, 3.05) is 10.6 Å². The highest BCUT2D eigenvalue weighted by Crippen LogP contribution is 2.22. The van der Waals surface area contributed by atoms with Crippen LogP contribution < -0.4 is 10.6 Å². The van der Waals surface area contributed by atoms with E-state index in [9.17, 15) is 18.4 Å². The van der Waals surface area contributed by atoms with Crippen molar-refractivity contribution in [1.29, 1.82) is 0 Å².